The maximum atomic E-state index is 12.6. The predicted molar refractivity (Wildman–Crippen MR) is 101 cm³/mol. The summed E-state index contributed by atoms with van der Waals surface area (Å²) in [6, 6.07) is 4.58. The number of fused-ring (bicyclic) bond motifs is 1. The Balaban J connectivity index is 2.38. The van der Waals surface area contributed by atoms with Crippen LogP contribution in [0.25, 0.3) is 10.9 Å². The average molecular weight is 365 g/mol. The van der Waals surface area contributed by atoms with Crippen LogP contribution in [0.1, 0.15) is 45.5 Å². The van der Waals surface area contributed by atoms with Crippen molar-refractivity contribution in [2.75, 3.05) is 13.1 Å². The van der Waals surface area contributed by atoms with Gasteiger partial charge in [0.05, 0.1) is 16.9 Å². The SMILES string of the molecule is CCCCNC(=O)N(CC)C(C)c1nc2ccc(Cl)cc2c(=O)n1C. The summed E-state index contributed by atoms with van der Waals surface area (Å²) in [5.74, 6) is 0.548. The van der Waals surface area contributed by atoms with Gasteiger partial charge in [-0.1, -0.05) is 24.9 Å². The molecule has 0 spiro atoms. The molecule has 7 heteroatoms. The van der Waals surface area contributed by atoms with Gasteiger partial charge in [0, 0.05) is 25.2 Å². The summed E-state index contributed by atoms with van der Waals surface area (Å²) in [6.45, 7) is 7.03. The van der Waals surface area contributed by atoms with Crippen molar-refractivity contribution in [2.24, 2.45) is 7.05 Å². The van der Waals surface area contributed by atoms with E-state index in [9.17, 15) is 9.59 Å². The summed E-state index contributed by atoms with van der Waals surface area (Å²) in [6.07, 6.45) is 1.95. The van der Waals surface area contributed by atoms with Crippen molar-refractivity contribution in [2.45, 2.75) is 39.7 Å². The fourth-order valence-corrected chi connectivity index (χ4v) is 3.01. The Morgan fingerprint density at radius 2 is 2.12 bits per heavy atom. The van der Waals surface area contributed by atoms with Gasteiger partial charge in [-0.15, -0.1) is 0 Å². The Kier molecular flexibility index (Phi) is 6.42. The Bertz CT molecular complexity index is 819. The zero-order valence-corrected chi connectivity index (χ0v) is 15.9. The van der Waals surface area contributed by atoms with Gasteiger partial charge in [0.15, 0.2) is 0 Å². The maximum Gasteiger partial charge on any atom is 0.318 e. The number of rotatable bonds is 6. The molecular formula is C18H25ClN4O2. The molecule has 1 heterocycles. The molecule has 136 valence electrons. The summed E-state index contributed by atoms with van der Waals surface area (Å²) in [7, 11) is 1.67. The molecule has 6 nitrogen and oxygen atoms in total. The minimum absolute atomic E-state index is 0.145. The van der Waals surface area contributed by atoms with Gasteiger partial charge in [0.2, 0.25) is 0 Å². The minimum atomic E-state index is -0.329. The van der Waals surface area contributed by atoms with Crippen molar-refractivity contribution in [3.63, 3.8) is 0 Å². The lowest BCUT2D eigenvalue weighted by Crippen LogP contribution is -2.43. The molecule has 0 saturated carbocycles. The summed E-state index contributed by atoms with van der Waals surface area (Å²) in [5, 5.41) is 3.89. The van der Waals surface area contributed by atoms with Crippen molar-refractivity contribution in [1.82, 2.24) is 19.8 Å². The van der Waals surface area contributed by atoms with Crippen LogP contribution in [-0.4, -0.2) is 33.6 Å². The Morgan fingerprint density at radius 3 is 2.76 bits per heavy atom. The van der Waals surface area contributed by atoms with Crippen LogP contribution in [0.3, 0.4) is 0 Å². The lowest BCUT2D eigenvalue weighted by atomic mass is 10.2. The van der Waals surface area contributed by atoms with Crippen LogP contribution >= 0.6 is 11.6 Å². The molecule has 0 saturated heterocycles. The first-order valence-electron chi connectivity index (χ1n) is 8.61. The number of carbonyl (C=O) groups is 1. The number of unbranched alkanes of at least 4 members (excludes halogenated alkanes) is 1. The van der Waals surface area contributed by atoms with Gasteiger partial charge in [0.1, 0.15) is 5.82 Å². The second-order valence-corrected chi connectivity index (χ2v) is 6.48. The van der Waals surface area contributed by atoms with Crippen molar-refractivity contribution in [3.8, 4) is 0 Å². The first kappa shape index (κ1) is 19.2. The van der Waals surface area contributed by atoms with Crippen molar-refractivity contribution in [3.05, 3.63) is 39.4 Å². The number of urea groups is 1. The van der Waals surface area contributed by atoms with Crippen molar-refractivity contribution in [1.29, 1.82) is 0 Å². The fraction of sp³-hybridized carbons (Fsp3) is 0.500. The van der Waals surface area contributed by atoms with Crippen LogP contribution in [0.5, 0.6) is 0 Å². The number of nitrogens with zero attached hydrogens (tertiary/aromatic N) is 3. The molecule has 1 aromatic heterocycles. The van der Waals surface area contributed by atoms with E-state index in [1.807, 2.05) is 13.8 Å². The van der Waals surface area contributed by atoms with Crippen LogP contribution < -0.4 is 10.9 Å². The predicted octanol–water partition coefficient (Wildman–Crippen LogP) is 3.48. The Labute approximate surface area is 152 Å². The molecule has 1 atom stereocenters. The van der Waals surface area contributed by atoms with E-state index in [0.29, 0.717) is 34.8 Å². The molecule has 2 rings (SSSR count). The molecular weight excluding hydrogens is 340 g/mol. The van der Waals surface area contributed by atoms with Gasteiger partial charge in [-0.25, -0.2) is 9.78 Å². The largest absolute Gasteiger partial charge is 0.338 e. The number of hydrogen-bond donors (Lipinski definition) is 1. The lowest BCUT2D eigenvalue weighted by Gasteiger charge is -2.29. The number of amides is 2. The van der Waals surface area contributed by atoms with Crippen molar-refractivity contribution < 1.29 is 4.79 Å². The first-order chi connectivity index (χ1) is 11.9. The normalized spacial score (nSPS) is 12.2. The molecule has 0 aliphatic heterocycles. The summed E-state index contributed by atoms with van der Waals surface area (Å²) < 4.78 is 1.49. The molecule has 0 bridgehead atoms. The average Bonchev–Trinajstić information content (AvgIpc) is 2.59. The van der Waals surface area contributed by atoms with Crippen LogP contribution in [0.15, 0.2) is 23.0 Å². The van der Waals surface area contributed by atoms with E-state index in [1.165, 1.54) is 4.57 Å². The zero-order valence-electron chi connectivity index (χ0n) is 15.2. The number of aromatic nitrogens is 2. The van der Waals surface area contributed by atoms with Crippen LogP contribution in [0.4, 0.5) is 4.79 Å². The number of benzene rings is 1. The third kappa shape index (κ3) is 4.12. The Morgan fingerprint density at radius 1 is 1.40 bits per heavy atom. The second kappa shape index (κ2) is 8.34. The standard InChI is InChI=1S/C18H25ClN4O2/c1-5-7-10-20-18(25)23(6-2)12(3)16-21-15-9-8-13(19)11-14(15)17(24)22(16)4/h8-9,11-12H,5-7,10H2,1-4H3,(H,20,25). The van der Waals surface area contributed by atoms with Crippen LogP contribution in [-0.2, 0) is 7.05 Å². The van der Waals surface area contributed by atoms with E-state index in [0.717, 1.165) is 12.8 Å². The summed E-state index contributed by atoms with van der Waals surface area (Å²) >= 11 is 5.98. The van der Waals surface area contributed by atoms with Gasteiger partial charge in [-0.05, 0) is 38.5 Å². The monoisotopic (exact) mass is 364 g/mol. The molecule has 2 amide bonds. The van der Waals surface area contributed by atoms with E-state index in [1.54, 1.807) is 30.1 Å². The van der Waals surface area contributed by atoms with E-state index in [2.05, 4.69) is 17.2 Å². The summed E-state index contributed by atoms with van der Waals surface area (Å²) in [4.78, 5) is 31.4. The molecule has 2 aromatic rings. The molecule has 25 heavy (non-hydrogen) atoms. The second-order valence-electron chi connectivity index (χ2n) is 6.04. The topological polar surface area (TPSA) is 67.2 Å². The highest BCUT2D eigenvalue weighted by Gasteiger charge is 2.24. The minimum Gasteiger partial charge on any atom is -0.338 e. The Hall–Kier alpha value is -2.08. The highest BCUT2D eigenvalue weighted by molar-refractivity contribution is 6.31. The van der Waals surface area contributed by atoms with E-state index >= 15 is 0 Å². The molecule has 0 aliphatic rings. The first-order valence-corrected chi connectivity index (χ1v) is 8.99. The number of carbonyl (C=O) groups excluding carboxylic acids is 1. The molecule has 0 aliphatic carbocycles. The van der Waals surface area contributed by atoms with E-state index in [4.69, 9.17) is 11.6 Å². The number of hydrogen-bond acceptors (Lipinski definition) is 3. The lowest BCUT2D eigenvalue weighted by molar-refractivity contribution is 0.179. The fourth-order valence-electron chi connectivity index (χ4n) is 2.84. The molecule has 0 fully saturated rings. The molecule has 1 N–H and O–H groups in total. The highest BCUT2D eigenvalue weighted by Crippen LogP contribution is 2.21. The van der Waals surface area contributed by atoms with Crippen LogP contribution in [0, 0.1) is 0 Å². The third-order valence-corrected chi connectivity index (χ3v) is 4.56. The maximum absolute atomic E-state index is 12.6. The van der Waals surface area contributed by atoms with Gasteiger partial charge < -0.3 is 10.2 Å². The molecule has 1 unspecified atom stereocenters. The van der Waals surface area contributed by atoms with Gasteiger partial charge >= 0.3 is 6.03 Å². The smallest absolute Gasteiger partial charge is 0.318 e. The van der Waals surface area contributed by atoms with E-state index < -0.39 is 0 Å². The number of halogens is 1. The van der Waals surface area contributed by atoms with Gasteiger partial charge in [-0.2, -0.15) is 0 Å². The third-order valence-electron chi connectivity index (χ3n) is 4.32. The summed E-state index contributed by atoms with van der Waals surface area (Å²) in [5.41, 5.74) is 0.411. The molecule has 0 radical (unpaired) electrons. The highest BCUT2D eigenvalue weighted by atomic mass is 35.5. The van der Waals surface area contributed by atoms with E-state index in [-0.39, 0.29) is 17.6 Å². The van der Waals surface area contributed by atoms with Crippen LogP contribution in [0.2, 0.25) is 5.02 Å². The number of nitrogens with one attached hydrogen (secondary N) is 1. The van der Waals surface area contributed by atoms with Crippen molar-refractivity contribution >= 4 is 28.5 Å². The van der Waals surface area contributed by atoms with Gasteiger partial charge in [0.25, 0.3) is 5.56 Å². The van der Waals surface area contributed by atoms with Gasteiger partial charge in [-0.3, -0.25) is 9.36 Å². The quantitative estimate of drug-likeness (QED) is 0.798. The zero-order chi connectivity index (χ0) is 18.6. The molecule has 1 aromatic carbocycles.